The summed E-state index contributed by atoms with van der Waals surface area (Å²) in [6.45, 7) is 0. The molecule has 0 aliphatic carbocycles. The highest BCUT2D eigenvalue weighted by Gasteiger charge is 2.19. The van der Waals surface area contributed by atoms with Gasteiger partial charge in [0.25, 0.3) is 0 Å². The van der Waals surface area contributed by atoms with Crippen molar-refractivity contribution in [3.63, 3.8) is 0 Å². The van der Waals surface area contributed by atoms with E-state index in [0.29, 0.717) is 11.1 Å². The number of rotatable bonds is 4. The predicted octanol–water partition coefficient (Wildman–Crippen LogP) is 10.3. The lowest BCUT2D eigenvalue weighted by atomic mass is 10.0. The van der Waals surface area contributed by atoms with Crippen LogP contribution >= 0.6 is 11.3 Å². The quantitative estimate of drug-likeness (QED) is 0.205. The van der Waals surface area contributed by atoms with E-state index in [2.05, 4.69) is 0 Å². The molecule has 9 aromatic rings. The molecule has 3 heterocycles. The van der Waals surface area contributed by atoms with Gasteiger partial charge in [-0.05, 0) is 41.4 Å². The van der Waals surface area contributed by atoms with Gasteiger partial charge in [-0.1, -0.05) is 115 Å². The summed E-state index contributed by atoms with van der Waals surface area (Å²) in [6.07, 6.45) is 0. The van der Waals surface area contributed by atoms with E-state index in [0.717, 1.165) is 22.5 Å². The van der Waals surface area contributed by atoms with Gasteiger partial charge >= 0.3 is 0 Å². The van der Waals surface area contributed by atoms with Crippen molar-refractivity contribution >= 4 is 53.3 Å². The van der Waals surface area contributed by atoms with Crippen molar-refractivity contribution in [1.29, 1.82) is 0 Å². The summed E-state index contributed by atoms with van der Waals surface area (Å²) in [4.78, 5) is 14.6. The van der Waals surface area contributed by atoms with Gasteiger partial charge in [0.2, 0.25) is 5.95 Å². The molecule has 0 bridgehead atoms. The molecular formula is C39H24N4S. The third kappa shape index (κ3) is 4.02. The lowest BCUT2D eigenvalue weighted by molar-refractivity contribution is 0.954. The summed E-state index contributed by atoms with van der Waals surface area (Å²) in [7, 11) is 0. The van der Waals surface area contributed by atoms with Gasteiger partial charge in [0.05, 0.1) is 24.7 Å². The van der Waals surface area contributed by atoms with Crippen LogP contribution in [-0.4, -0.2) is 19.5 Å². The van der Waals surface area contributed by atoms with Crippen LogP contribution in [0.15, 0.2) is 145 Å². The molecule has 0 saturated carbocycles. The highest BCUT2D eigenvalue weighted by molar-refractivity contribution is 7.25. The third-order valence-electron chi connectivity index (χ3n) is 7.50. The maximum atomic E-state index is 9.71. The molecule has 5 heteroatoms. The number of hydrogen-bond acceptors (Lipinski definition) is 4. The van der Waals surface area contributed by atoms with Crippen LogP contribution in [0.1, 0.15) is 13.7 Å². The van der Waals surface area contributed by atoms with Crippen LogP contribution < -0.4 is 0 Å². The summed E-state index contributed by atoms with van der Waals surface area (Å²) in [5.74, 6) is 0.439. The predicted molar refractivity (Wildman–Crippen MR) is 183 cm³/mol. The van der Waals surface area contributed by atoms with E-state index in [1.54, 1.807) is 0 Å². The number of fused-ring (bicyclic) bond motifs is 6. The van der Waals surface area contributed by atoms with Gasteiger partial charge in [-0.3, -0.25) is 4.57 Å². The average Bonchev–Trinajstić information content (AvgIpc) is 3.79. The standard InChI is InChI=1S/C39H24N4S/c1-3-12-25(13-4-1)27-16-11-17-28(22-27)38-40-37(26-14-5-2-6-15-26)41-39(42-38)43-33-20-9-7-18-29(33)31-24-36-32(23-34(31)43)30-19-8-10-21-35(30)44-36/h1-24H/i7D,8D,9D,10D,18D,19D,20D,21D,23D,24D. The van der Waals surface area contributed by atoms with Gasteiger partial charge < -0.3 is 0 Å². The van der Waals surface area contributed by atoms with Crippen molar-refractivity contribution in [3.8, 4) is 39.9 Å². The Morgan fingerprint density at radius 3 is 1.98 bits per heavy atom. The van der Waals surface area contributed by atoms with Gasteiger partial charge in [-0.15, -0.1) is 11.3 Å². The second-order valence-electron chi connectivity index (χ2n) is 10.1. The minimum Gasteiger partial charge on any atom is -0.278 e. The molecule has 0 spiro atoms. The van der Waals surface area contributed by atoms with Crippen molar-refractivity contribution < 1.29 is 13.7 Å². The fourth-order valence-electron chi connectivity index (χ4n) is 5.47. The summed E-state index contributed by atoms with van der Waals surface area (Å²) >= 11 is 0.950. The lowest BCUT2D eigenvalue weighted by Crippen LogP contribution is -2.06. The molecule has 0 radical (unpaired) electrons. The Labute approximate surface area is 271 Å². The van der Waals surface area contributed by atoms with Crippen molar-refractivity contribution in [3.05, 3.63) is 145 Å². The molecular weight excluding hydrogens is 557 g/mol. The first-order valence-corrected chi connectivity index (χ1v) is 14.6. The monoisotopic (exact) mass is 590 g/mol. The highest BCUT2D eigenvalue weighted by Crippen LogP contribution is 2.40. The summed E-state index contributed by atoms with van der Waals surface area (Å²) in [5, 5.41) is 0.219. The van der Waals surface area contributed by atoms with Crippen LogP contribution in [0.4, 0.5) is 0 Å². The van der Waals surface area contributed by atoms with Crippen molar-refractivity contribution in [2.24, 2.45) is 0 Å². The van der Waals surface area contributed by atoms with E-state index < -0.39 is 36.3 Å². The lowest BCUT2D eigenvalue weighted by Gasteiger charge is -2.11. The Balaban J connectivity index is 1.47. The van der Waals surface area contributed by atoms with Crippen LogP contribution in [0.5, 0.6) is 0 Å². The summed E-state index contributed by atoms with van der Waals surface area (Å²) in [5.41, 5.74) is 3.10. The van der Waals surface area contributed by atoms with Gasteiger partial charge in [0.15, 0.2) is 11.6 Å². The molecule has 0 amide bonds. The zero-order valence-corrected chi connectivity index (χ0v) is 23.6. The molecule has 0 aliphatic rings. The molecule has 3 aromatic heterocycles. The fraction of sp³-hybridized carbons (Fsp3) is 0. The fourth-order valence-corrected chi connectivity index (χ4v) is 6.44. The van der Waals surface area contributed by atoms with E-state index in [4.69, 9.17) is 25.9 Å². The number of hydrogen-bond donors (Lipinski definition) is 0. The van der Waals surface area contributed by atoms with E-state index in [-0.39, 0.29) is 83.7 Å². The van der Waals surface area contributed by atoms with E-state index in [1.165, 1.54) is 4.57 Å². The Morgan fingerprint density at radius 2 is 1.16 bits per heavy atom. The molecule has 206 valence electrons. The second kappa shape index (κ2) is 9.97. The molecule has 6 aromatic carbocycles. The minimum atomic E-state index is -0.524. The average molecular weight is 591 g/mol. The number of para-hydroxylation sites is 1. The van der Waals surface area contributed by atoms with Crippen molar-refractivity contribution in [1.82, 2.24) is 19.5 Å². The molecule has 0 N–H and O–H groups in total. The molecule has 0 unspecified atom stereocenters. The van der Waals surface area contributed by atoms with Gasteiger partial charge in [-0.25, -0.2) is 4.98 Å². The van der Waals surface area contributed by atoms with Crippen molar-refractivity contribution in [2.75, 3.05) is 0 Å². The molecule has 0 saturated heterocycles. The Hall–Kier alpha value is -5.65. The largest absolute Gasteiger partial charge is 0.278 e. The number of benzene rings is 6. The first kappa shape index (κ1) is 16.8. The summed E-state index contributed by atoms with van der Waals surface area (Å²) < 4.78 is 90.4. The number of thiophene rings is 1. The Bertz CT molecular complexity index is 3060. The zero-order valence-electron chi connectivity index (χ0n) is 32.8. The first-order chi connectivity index (χ1) is 26.0. The highest BCUT2D eigenvalue weighted by atomic mass is 32.1. The van der Waals surface area contributed by atoms with E-state index in [1.807, 2.05) is 84.9 Å². The van der Waals surface area contributed by atoms with Crippen LogP contribution in [0, 0.1) is 0 Å². The van der Waals surface area contributed by atoms with Crippen molar-refractivity contribution in [2.45, 2.75) is 0 Å². The van der Waals surface area contributed by atoms with Crippen LogP contribution in [0.3, 0.4) is 0 Å². The number of nitrogens with zero attached hydrogens (tertiary/aromatic N) is 4. The Morgan fingerprint density at radius 1 is 0.500 bits per heavy atom. The van der Waals surface area contributed by atoms with Gasteiger partial charge in [-0.2, -0.15) is 9.97 Å². The number of aromatic nitrogens is 4. The second-order valence-corrected chi connectivity index (χ2v) is 11.2. The van der Waals surface area contributed by atoms with Crippen LogP contribution in [-0.2, 0) is 0 Å². The molecule has 0 fully saturated rings. The third-order valence-corrected chi connectivity index (χ3v) is 8.52. The summed E-state index contributed by atoms with van der Waals surface area (Å²) in [6, 6.07) is 22.7. The normalized spacial score (nSPS) is 14.8. The van der Waals surface area contributed by atoms with E-state index in [9.17, 15) is 2.74 Å². The molecule has 44 heavy (non-hydrogen) atoms. The first-order valence-electron chi connectivity index (χ1n) is 18.8. The van der Waals surface area contributed by atoms with Gasteiger partial charge in [0.1, 0.15) is 0 Å². The maximum Gasteiger partial charge on any atom is 0.238 e. The topological polar surface area (TPSA) is 43.6 Å². The Kier molecular flexibility index (Phi) is 3.82. The minimum absolute atomic E-state index is 0.00388. The molecule has 9 rings (SSSR count). The molecule has 0 aliphatic heterocycles. The maximum absolute atomic E-state index is 9.71. The smallest absolute Gasteiger partial charge is 0.238 e. The van der Waals surface area contributed by atoms with Gasteiger partial charge in [0, 0.05) is 42.1 Å². The van der Waals surface area contributed by atoms with Crippen LogP contribution in [0.25, 0.3) is 81.8 Å². The molecule has 0 atom stereocenters. The molecule has 4 nitrogen and oxygen atoms in total. The SMILES string of the molecule is [2H]c1c([2H])c([2H])c2c(sc3c([2H])c4c5c([2H])c([2H])c([2H])c([2H])c5n(-c5nc(-c6ccccc6)nc(-c6cccc(-c7ccccc7)c6)n5)c4c([2H])c32)c1[2H]. The van der Waals surface area contributed by atoms with E-state index >= 15 is 0 Å². The van der Waals surface area contributed by atoms with Crippen LogP contribution in [0.2, 0.25) is 0 Å². The zero-order chi connectivity index (χ0) is 37.7.